The fourth-order valence-electron chi connectivity index (χ4n) is 4.14. The minimum atomic E-state index is 0.0221. The highest BCUT2D eigenvalue weighted by Gasteiger charge is 2.44. The average Bonchev–Trinajstić information content (AvgIpc) is 3.17. The molecule has 5 nitrogen and oxygen atoms in total. The second-order valence-electron chi connectivity index (χ2n) is 7.02. The van der Waals surface area contributed by atoms with Crippen LogP contribution in [0.1, 0.15) is 24.8 Å². The molecule has 4 heterocycles. The Bertz CT molecular complexity index is 660. The van der Waals surface area contributed by atoms with Crippen molar-refractivity contribution in [2.24, 2.45) is 5.41 Å². The minimum Gasteiger partial charge on any atom is -0.396 e. The summed E-state index contributed by atoms with van der Waals surface area (Å²) in [6.45, 7) is 4.23. The molecule has 0 amide bonds. The lowest BCUT2D eigenvalue weighted by molar-refractivity contribution is -0.0223. The van der Waals surface area contributed by atoms with Crippen LogP contribution in [-0.2, 0) is 6.54 Å². The van der Waals surface area contributed by atoms with Gasteiger partial charge >= 0.3 is 0 Å². The van der Waals surface area contributed by atoms with Crippen LogP contribution in [0.2, 0.25) is 0 Å². The quantitative estimate of drug-likeness (QED) is 0.890. The molecule has 2 N–H and O–H groups in total. The van der Waals surface area contributed by atoms with Gasteiger partial charge in [-0.25, -0.2) is 9.97 Å². The van der Waals surface area contributed by atoms with Gasteiger partial charge in [0, 0.05) is 49.0 Å². The number of fused-ring (bicyclic) bond motifs is 1. The summed E-state index contributed by atoms with van der Waals surface area (Å²) in [4.78, 5) is 12.6. The first-order valence-corrected chi connectivity index (χ1v) is 9.58. The zero-order chi connectivity index (χ0) is 16.4. The molecule has 0 bridgehead atoms. The number of aliphatic hydroxyl groups excluding tert-OH is 1. The van der Waals surface area contributed by atoms with Crippen molar-refractivity contribution < 1.29 is 5.11 Å². The summed E-state index contributed by atoms with van der Waals surface area (Å²) in [6, 6.07) is 4.53. The lowest BCUT2D eigenvalue weighted by Gasteiger charge is -2.50. The van der Waals surface area contributed by atoms with Crippen LogP contribution in [0, 0.1) is 5.41 Å². The zero-order valence-electron chi connectivity index (χ0n) is 13.8. The molecule has 2 aromatic heterocycles. The van der Waals surface area contributed by atoms with E-state index in [0.717, 1.165) is 61.7 Å². The number of aromatic nitrogens is 2. The molecular weight excluding hydrogens is 320 g/mol. The molecule has 0 spiro atoms. The van der Waals surface area contributed by atoms with Gasteiger partial charge in [0.1, 0.15) is 0 Å². The van der Waals surface area contributed by atoms with Gasteiger partial charge in [0.25, 0.3) is 0 Å². The van der Waals surface area contributed by atoms with Gasteiger partial charge in [-0.1, -0.05) is 6.07 Å². The van der Waals surface area contributed by atoms with E-state index in [1.807, 2.05) is 29.9 Å². The van der Waals surface area contributed by atoms with Crippen LogP contribution in [0.4, 0.5) is 0 Å². The average molecular weight is 344 g/mol. The summed E-state index contributed by atoms with van der Waals surface area (Å²) in [5.41, 5.74) is 1.17. The summed E-state index contributed by atoms with van der Waals surface area (Å²) >= 11 is 1.66. The Morgan fingerprint density at radius 1 is 1.38 bits per heavy atom. The number of nitrogens with one attached hydrogen (secondary N) is 1. The van der Waals surface area contributed by atoms with Crippen LogP contribution >= 0.6 is 11.3 Å². The number of aliphatic hydroxyl groups is 1. The summed E-state index contributed by atoms with van der Waals surface area (Å²) in [5, 5.41) is 15.7. The molecule has 4 rings (SSSR count). The fourth-order valence-corrected chi connectivity index (χ4v) is 4.81. The second-order valence-corrected chi connectivity index (χ2v) is 7.97. The van der Waals surface area contributed by atoms with Crippen LogP contribution in [0.15, 0.2) is 29.9 Å². The van der Waals surface area contributed by atoms with E-state index in [0.29, 0.717) is 6.04 Å². The van der Waals surface area contributed by atoms with Gasteiger partial charge < -0.3 is 10.4 Å². The van der Waals surface area contributed by atoms with Crippen LogP contribution in [0.3, 0.4) is 0 Å². The SMILES string of the molecule is OC[C@]12CCCN[C@@H]1CCN(Cc1cnc(-c3cccs3)nc1)C2. The molecule has 2 aliphatic heterocycles. The Balaban J connectivity index is 1.44. The molecule has 0 unspecified atom stereocenters. The predicted molar refractivity (Wildman–Crippen MR) is 95.8 cm³/mol. The van der Waals surface area contributed by atoms with E-state index < -0.39 is 0 Å². The van der Waals surface area contributed by atoms with Gasteiger partial charge in [0.2, 0.25) is 0 Å². The minimum absolute atomic E-state index is 0.0221. The van der Waals surface area contributed by atoms with Crippen molar-refractivity contribution in [1.82, 2.24) is 20.2 Å². The molecule has 2 aromatic rings. The number of hydrogen-bond donors (Lipinski definition) is 2. The molecule has 0 radical (unpaired) electrons. The Labute approximate surface area is 146 Å². The molecule has 24 heavy (non-hydrogen) atoms. The lowest BCUT2D eigenvalue weighted by Crippen LogP contribution is -2.61. The highest BCUT2D eigenvalue weighted by Crippen LogP contribution is 2.37. The molecule has 0 saturated carbocycles. The normalized spacial score (nSPS) is 27.8. The van der Waals surface area contributed by atoms with Crippen molar-refractivity contribution in [2.45, 2.75) is 31.8 Å². The molecule has 0 aromatic carbocycles. The van der Waals surface area contributed by atoms with Crippen molar-refractivity contribution in [3.05, 3.63) is 35.5 Å². The van der Waals surface area contributed by atoms with Gasteiger partial charge in [0.15, 0.2) is 5.82 Å². The highest BCUT2D eigenvalue weighted by atomic mass is 32.1. The maximum Gasteiger partial charge on any atom is 0.169 e. The predicted octanol–water partition coefficient (Wildman–Crippen LogP) is 2.14. The summed E-state index contributed by atoms with van der Waals surface area (Å²) in [5.74, 6) is 0.802. The summed E-state index contributed by atoms with van der Waals surface area (Å²) in [6.07, 6.45) is 7.27. The van der Waals surface area contributed by atoms with Crippen LogP contribution in [0.5, 0.6) is 0 Å². The molecule has 6 heteroatoms. The Kier molecular flexibility index (Phi) is 4.63. The second kappa shape index (κ2) is 6.88. The first kappa shape index (κ1) is 16.1. The number of rotatable bonds is 4. The molecular formula is C18H24N4OS. The van der Waals surface area contributed by atoms with Crippen molar-refractivity contribution in [1.29, 1.82) is 0 Å². The molecule has 2 aliphatic rings. The Morgan fingerprint density at radius 2 is 2.25 bits per heavy atom. The standard InChI is InChI=1S/C18H24N4OS/c23-13-18-5-2-6-19-16(18)4-7-22(12-18)11-14-9-20-17(21-10-14)15-3-1-8-24-15/h1,3,8-10,16,19,23H,2,4-7,11-13H2/t16-,18-/m1/s1. The van der Waals surface area contributed by atoms with E-state index in [9.17, 15) is 5.11 Å². The van der Waals surface area contributed by atoms with E-state index in [1.54, 1.807) is 11.3 Å². The van der Waals surface area contributed by atoms with E-state index >= 15 is 0 Å². The molecule has 2 saturated heterocycles. The summed E-state index contributed by atoms with van der Waals surface area (Å²) < 4.78 is 0. The Hall–Kier alpha value is -1.34. The van der Waals surface area contributed by atoms with Gasteiger partial charge in [-0.2, -0.15) is 0 Å². The van der Waals surface area contributed by atoms with E-state index in [-0.39, 0.29) is 12.0 Å². The van der Waals surface area contributed by atoms with Crippen molar-refractivity contribution >= 4 is 11.3 Å². The van der Waals surface area contributed by atoms with Crippen molar-refractivity contribution in [3.8, 4) is 10.7 Å². The topological polar surface area (TPSA) is 61.3 Å². The number of hydrogen-bond acceptors (Lipinski definition) is 6. The smallest absolute Gasteiger partial charge is 0.169 e. The first-order chi connectivity index (χ1) is 11.8. The van der Waals surface area contributed by atoms with E-state index in [2.05, 4.69) is 20.2 Å². The third kappa shape index (κ3) is 3.11. The molecule has 0 aliphatic carbocycles. The van der Waals surface area contributed by atoms with E-state index in [4.69, 9.17) is 0 Å². The fraction of sp³-hybridized carbons (Fsp3) is 0.556. The van der Waals surface area contributed by atoms with Gasteiger partial charge in [-0.15, -0.1) is 11.3 Å². The number of nitrogens with zero attached hydrogens (tertiary/aromatic N) is 3. The molecule has 2 fully saturated rings. The maximum absolute atomic E-state index is 10.0. The van der Waals surface area contributed by atoms with Crippen molar-refractivity contribution in [3.63, 3.8) is 0 Å². The number of thiophene rings is 1. The third-order valence-corrected chi connectivity index (χ3v) is 6.29. The third-order valence-electron chi connectivity index (χ3n) is 5.42. The van der Waals surface area contributed by atoms with Crippen LogP contribution in [0.25, 0.3) is 10.7 Å². The van der Waals surface area contributed by atoms with Crippen LogP contribution < -0.4 is 5.32 Å². The number of piperidine rings is 2. The van der Waals surface area contributed by atoms with Crippen molar-refractivity contribution in [2.75, 3.05) is 26.2 Å². The highest BCUT2D eigenvalue weighted by molar-refractivity contribution is 7.13. The number of likely N-dealkylation sites (tertiary alicyclic amines) is 1. The van der Waals surface area contributed by atoms with Gasteiger partial charge in [-0.05, 0) is 37.3 Å². The molecule has 128 valence electrons. The van der Waals surface area contributed by atoms with E-state index in [1.165, 1.54) is 0 Å². The first-order valence-electron chi connectivity index (χ1n) is 8.70. The largest absolute Gasteiger partial charge is 0.396 e. The molecule has 2 atom stereocenters. The maximum atomic E-state index is 10.0. The summed E-state index contributed by atoms with van der Waals surface area (Å²) in [7, 11) is 0. The monoisotopic (exact) mass is 344 g/mol. The van der Waals surface area contributed by atoms with Gasteiger partial charge in [-0.3, -0.25) is 4.90 Å². The van der Waals surface area contributed by atoms with Gasteiger partial charge in [0.05, 0.1) is 11.5 Å². The zero-order valence-corrected chi connectivity index (χ0v) is 14.6. The lowest BCUT2D eigenvalue weighted by atomic mass is 9.71. The van der Waals surface area contributed by atoms with Crippen LogP contribution in [-0.4, -0.2) is 52.3 Å². The Morgan fingerprint density at radius 3 is 3.00 bits per heavy atom.